The van der Waals surface area contributed by atoms with Crippen molar-refractivity contribution >= 4 is 17.4 Å². The van der Waals surface area contributed by atoms with Crippen molar-refractivity contribution in [2.75, 3.05) is 0 Å². The molecule has 0 atom stereocenters. The number of benzene rings is 1. The molecule has 0 aliphatic carbocycles. The van der Waals surface area contributed by atoms with E-state index in [4.69, 9.17) is 11.6 Å². The van der Waals surface area contributed by atoms with Crippen molar-refractivity contribution in [3.05, 3.63) is 34.3 Å². The Morgan fingerprint density at radius 3 is 2.79 bits per heavy atom. The average Bonchev–Trinajstić information content (AvgIpc) is 2.18. The smallest absolute Gasteiger partial charge is 0.174 e. The van der Waals surface area contributed by atoms with Gasteiger partial charge in [0, 0.05) is 10.6 Å². The number of carbonyl (C=O) groups excluding carboxylic acids is 1. The van der Waals surface area contributed by atoms with Gasteiger partial charge in [-0.25, -0.2) is 0 Å². The van der Waals surface area contributed by atoms with E-state index in [9.17, 15) is 4.79 Å². The van der Waals surface area contributed by atoms with Crippen LogP contribution >= 0.6 is 11.6 Å². The van der Waals surface area contributed by atoms with Gasteiger partial charge in [-0.2, -0.15) is 0 Å². The van der Waals surface area contributed by atoms with Crippen LogP contribution in [0.5, 0.6) is 0 Å². The number of ketones is 1. The molecule has 0 saturated carbocycles. The second-order valence-electron chi connectivity index (χ2n) is 2.99. The Balaban J connectivity index is 2.89. The third-order valence-corrected chi connectivity index (χ3v) is 2.33. The highest BCUT2D eigenvalue weighted by molar-refractivity contribution is 6.31. The molecule has 0 aliphatic heterocycles. The van der Waals surface area contributed by atoms with E-state index in [0.717, 1.165) is 5.56 Å². The van der Waals surface area contributed by atoms with Crippen LogP contribution < -0.4 is 0 Å². The van der Waals surface area contributed by atoms with E-state index in [1.165, 1.54) is 0 Å². The van der Waals surface area contributed by atoms with Crippen LogP contribution in [-0.2, 0) is 0 Å². The van der Waals surface area contributed by atoms with Gasteiger partial charge in [0.2, 0.25) is 0 Å². The Morgan fingerprint density at radius 1 is 1.50 bits per heavy atom. The summed E-state index contributed by atoms with van der Waals surface area (Å²) in [6, 6.07) is 5.26. The van der Waals surface area contributed by atoms with Crippen LogP contribution in [0, 0.1) is 18.8 Å². The predicted octanol–water partition coefficient (Wildman–Crippen LogP) is 3.24. The van der Waals surface area contributed by atoms with Crippen LogP contribution in [0.1, 0.15) is 29.3 Å². The van der Waals surface area contributed by atoms with Crippen LogP contribution in [0.2, 0.25) is 5.02 Å². The van der Waals surface area contributed by atoms with E-state index in [1.54, 1.807) is 25.1 Å². The lowest BCUT2D eigenvalue weighted by Gasteiger charge is -2.00. The van der Waals surface area contributed by atoms with E-state index in [0.29, 0.717) is 10.6 Å². The van der Waals surface area contributed by atoms with Gasteiger partial charge < -0.3 is 0 Å². The number of aryl methyl sites for hydroxylation is 1. The lowest BCUT2D eigenvalue weighted by atomic mass is 10.1. The van der Waals surface area contributed by atoms with E-state index in [2.05, 4.69) is 11.8 Å². The first-order valence-corrected chi connectivity index (χ1v) is 4.72. The van der Waals surface area contributed by atoms with Gasteiger partial charge in [0.15, 0.2) is 5.78 Å². The SMILES string of the molecule is CC#CCC(=O)c1ccc(Cl)c(C)c1. The van der Waals surface area contributed by atoms with Crippen molar-refractivity contribution in [2.24, 2.45) is 0 Å². The molecule has 1 nitrogen and oxygen atoms in total. The van der Waals surface area contributed by atoms with Crippen molar-refractivity contribution in [1.29, 1.82) is 0 Å². The van der Waals surface area contributed by atoms with Crippen molar-refractivity contribution in [3.8, 4) is 11.8 Å². The zero-order valence-electron chi connectivity index (χ0n) is 8.23. The summed E-state index contributed by atoms with van der Waals surface area (Å²) in [5.74, 6) is 5.49. The Kier molecular flexibility index (Phi) is 3.73. The molecule has 0 fully saturated rings. The lowest BCUT2D eigenvalue weighted by Crippen LogP contribution is -1.97. The predicted molar refractivity (Wildman–Crippen MR) is 58.6 cm³/mol. The number of rotatable bonds is 2. The maximum absolute atomic E-state index is 11.5. The first kappa shape index (κ1) is 10.8. The molecule has 1 aromatic rings. The molecule has 2 heteroatoms. The summed E-state index contributed by atoms with van der Waals surface area (Å²) in [4.78, 5) is 11.5. The van der Waals surface area contributed by atoms with Crippen molar-refractivity contribution in [1.82, 2.24) is 0 Å². The molecule has 0 N–H and O–H groups in total. The Morgan fingerprint density at radius 2 is 2.21 bits per heavy atom. The summed E-state index contributed by atoms with van der Waals surface area (Å²) in [6.07, 6.45) is 0.275. The van der Waals surface area contributed by atoms with E-state index < -0.39 is 0 Å². The van der Waals surface area contributed by atoms with Gasteiger partial charge in [-0.1, -0.05) is 17.5 Å². The number of carbonyl (C=O) groups is 1. The van der Waals surface area contributed by atoms with Gasteiger partial charge >= 0.3 is 0 Å². The van der Waals surface area contributed by atoms with Crippen molar-refractivity contribution in [2.45, 2.75) is 20.3 Å². The molecule has 0 radical (unpaired) electrons. The van der Waals surface area contributed by atoms with Crippen LogP contribution in [0.4, 0.5) is 0 Å². The molecule has 0 aromatic heterocycles. The standard InChI is InChI=1S/C12H11ClO/c1-3-4-5-12(14)10-6-7-11(13)9(2)8-10/h6-8H,5H2,1-2H3. The van der Waals surface area contributed by atoms with Gasteiger partial charge in [-0.05, 0) is 37.6 Å². The minimum absolute atomic E-state index is 0.0408. The molecule has 1 aromatic carbocycles. The molecule has 72 valence electrons. The summed E-state index contributed by atoms with van der Waals surface area (Å²) in [7, 11) is 0. The molecule has 0 bridgehead atoms. The first-order valence-electron chi connectivity index (χ1n) is 4.34. The second kappa shape index (κ2) is 4.83. The van der Waals surface area contributed by atoms with Crippen molar-refractivity contribution < 1.29 is 4.79 Å². The summed E-state index contributed by atoms with van der Waals surface area (Å²) in [5.41, 5.74) is 1.59. The van der Waals surface area contributed by atoms with Gasteiger partial charge in [0.1, 0.15) is 0 Å². The van der Waals surface area contributed by atoms with Crippen LogP contribution in [0.3, 0.4) is 0 Å². The van der Waals surface area contributed by atoms with E-state index >= 15 is 0 Å². The summed E-state index contributed by atoms with van der Waals surface area (Å²) >= 11 is 5.85. The number of halogens is 1. The molecule has 0 unspecified atom stereocenters. The topological polar surface area (TPSA) is 17.1 Å². The molecule has 0 saturated heterocycles. The van der Waals surface area contributed by atoms with Gasteiger partial charge in [-0.3, -0.25) is 4.79 Å². The summed E-state index contributed by atoms with van der Waals surface area (Å²) < 4.78 is 0. The zero-order valence-corrected chi connectivity index (χ0v) is 8.98. The minimum Gasteiger partial charge on any atom is -0.293 e. The molecule has 0 amide bonds. The zero-order chi connectivity index (χ0) is 10.6. The van der Waals surface area contributed by atoms with E-state index in [-0.39, 0.29) is 12.2 Å². The van der Waals surface area contributed by atoms with Gasteiger partial charge in [0.05, 0.1) is 6.42 Å². The fourth-order valence-electron chi connectivity index (χ4n) is 1.09. The first-order chi connectivity index (χ1) is 6.65. The highest BCUT2D eigenvalue weighted by Gasteiger charge is 2.05. The number of Topliss-reactive ketones (excluding diaryl/α,β-unsaturated/α-hetero) is 1. The maximum Gasteiger partial charge on any atom is 0.174 e. The van der Waals surface area contributed by atoms with E-state index in [1.807, 2.05) is 6.92 Å². The van der Waals surface area contributed by atoms with Gasteiger partial charge in [-0.15, -0.1) is 5.92 Å². The van der Waals surface area contributed by atoms with Crippen LogP contribution in [-0.4, -0.2) is 5.78 Å². The van der Waals surface area contributed by atoms with Crippen LogP contribution in [0.15, 0.2) is 18.2 Å². The molecule has 0 heterocycles. The summed E-state index contributed by atoms with van der Waals surface area (Å²) in [5, 5.41) is 0.683. The molecule has 0 spiro atoms. The number of hydrogen-bond donors (Lipinski definition) is 0. The minimum atomic E-state index is 0.0408. The Hall–Kier alpha value is -1.26. The highest BCUT2D eigenvalue weighted by atomic mass is 35.5. The number of hydrogen-bond acceptors (Lipinski definition) is 1. The molecule has 14 heavy (non-hydrogen) atoms. The molecular formula is C12H11ClO. The fourth-order valence-corrected chi connectivity index (χ4v) is 1.21. The normalized spacial score (nSPS) is 9.07. The van der Waals surface area contributed by atoms with Crippen molar-refractivity contribution in [3.63, 3.8) is 0 Å². The third-order valence-electron chi connectivity index (χ3n) is 1.91. The summed E-state index contributed by atoms with van der Waals surface area (Å²) in [6.45, 7) is 3.60. The molecule has 1 rings (SSSR count). The molecular weight excluding hydrogens is 196 g/mol. The Labute approximate surface area is 89.1 Å². The monoisotopic (exact) mass is 206 g/mol. The largest absolute Gasteiger partial charge is 0.293 e. The quantitative estimate of drug-likeness (QED) is 0.536. The van der Waals surface area contributed by atoms with Crippen LogP contribution in [0.25, 0.3) is 0 Å². The Bertz CT molecular complexity index is 410. The maximum atomic E-state index is 11.5. The lowest BCUT2D eigenvalue weighted by molar-refractivity contribution is 0.0998. The second-order valence-corrected chi connectivity index (χ2v) is 3.40. The fraction of sp³-hybridized carbons (Fsp3) is 0.250. The average molecular weight is 207 g/mol. The third kappa shape index (κ3) is 2.61. The molecule has 0 aliphatic rings. The highest BCUT2D eigenvalue weighted by Crippen LogP contribution is 2.17. The van der Waals surface area contributed by atoms with Gasteiger partial charge in [0.25, 0.3) is 0 Å².